The Morgan fingerprint density at radius 1 is 0.714 bits per heavy atom. The van der Waals surface area contributed by atoms with Crippen molar-refractivity contribution < 1.29 is 29.6 Å². The Morgan fingerprint density at radius 2 is 1.00 bits per heavy atom. The van der Waals surface area contributed by atoms with Gasteiger partial charge in [-0.2, -0.15) is 0 Å². The van der Waals surface area contributed by atoms with Crippen molar-refractivity contribution in [1.29, 1.82) is 0 Å². The van der Waals surface area contributed by atoms with E-state index in [9.17, 15) is 10.2 Å². The number of phenols is 2. The van der Waals surface area contributed by atoms with Crippen LogP contribution in [-0.2, 0) is 36.6 Å². The molecule has 2 rings (SSSR count). The van der Waals surface area contributed by atoms with E-state index >= 15 is 0 Å². The Hall–Kier alpha value is -0.956. The van der Waals surface area contributed by atoms with Crippen LogP contribution in [0.15, 0.2) is 24.3 Å². The number of hydrogen-bond donors (Lipinski definition) is 2. The molecule has 0 spiro atoms. The molecular formula is C24H35ClO2Ti. The maximum atomic E-state index is 10.8. The first-order chi connectivity index (χ1) is 12.3. The number of benzene rings is 2. The van der Waals surface area contributed by atoms with E-state index < -0.39 is 0 Å². The molecule has 28 heavy (non-hydrogen) atoms. The average molecular weight is 439 g/mol. The van der Waals surface area contributed by atoms with Gasteiger partial charge in [0.05, 0.1) is 0 Å². The van der Waals surface area contributed by atoms with Crippen LogP contribution in [0.25, 0.3) is 0 Å². The summed E-state index contributed by atoms with van der Waals surface area (Å²) >= 11 is 1.47. The van der Waals surface area contributed by atoms with Crippen molar-refractivity contribution in [2.24, 2.45) is 0 Å². The van der Waals surface area contributed by atoms with Crippen molar-refractivity contribution in [2.45, 2.75) is 72.6 Å². The van der Waals surface area contributed by atoms with E-state index in [4.69, 9.17) is 0 Å². The SMILES string of the molecule is Cc1cc(Cc2cc(C)cc(C(C)(C)C)c2O)c(O)c(C(C)(C)C)c1.[CH3-].[Cl][Ti+]. The van der Waals surface area contributed by atoms with E-state index in [1.165, 1.54) is 19.4 Å². The Bertz CT molecular complexity index is 732. The second-order valence-electron chi connectivity index (χ2n) is 9.32. The Morgan fingerprint density at radius 3 is 1.25 bits per heavy atom. The average Bonchev–Trinajstić information content (AvgIpc) is 2.53. The molecule has 154 valence electrons. The van der Waals surface area contributed by atoms with Gasteiger partial charge in [0.25, 0.3) is 0 Å². The van der Waals surface area contributed by atoms with Gasteiger partial charge in [0.15, 0.2) is 0 Å². The van der Waals surface area contributed by atoms with E-state index in [0.717, 1.165) is 33.4 Å². The van der Waals surface area contributed by atoms with Crippen LogP contribution < -0.4 is 0 Å². The number of halogens is 1. The summed E-state index contributed by atoms with van der Waals surface area (Å²) < 4.78 is 0. The minimum absolute atomic E-state index is 0. The van der Waals surface area contributed by atoms with Crippen molar-refractivity contribution in [2.75, 3.05) is 0 Å². The molecule has 0 fully saturated rings. The molecule has 0 unspecified atom stereocenters. The summed E-state index contributed by atoms with van der Waals surface area (Å²) in [6.07, 6.45) is 0.521. The predicted molar refractivity (Wildman–Crippen MR) is 118 cm³/mol. The van der Waals surface area contributed by atoms with Gasteiger partial charge in [-0.05, 0) is 46.9 Å². The van der Waals surface area contributed by atoms with Crippen LogP contribution in [0.5, 0.6) is 11.5 Å². The molecule has 2 nitrogen and oxygen atoms in total. The van der Waals surface area contributed by atoms with E-state index in [-0.39, 0.29) is 18.3 Å². The van der Waals surface area contributed by atoms with Gasteiger partial charge in [0, 0.05) is 6.42 Å². The molecule has 0 radical (unpaired) electrons. The van der Waals surface area contributed by atoms with Gasteiger partial charge in [-0.15, -0.1) is 0 Å². The fraction of sp³-hybridized carbons (Fsp3) is 0.458. The first-order valence-electron chi connectivity index (χ1n) is 9.15. The van der Waals surface area contributed by atoms with Gasteiger partial charge in [-0.25, -0.2) is 0 Å². The van der Waals surface area contributed by atoms with Crippen LogP contribution in [0.3, 0.4) is 0 Å². The second kappa shape index (κ2) is 10.2. The molecule has 0 aliphatic carbocycles. The Kier molecular flexibility index (Phi) is 9.84. The molecule has 0 aliphatic rings. The van der Waals surface area contributed by atoms with Crippen LogP contribution in [0.2, 0.25) is 0 Å². The molecule has 0 amide bonds. The zero-order valence-electron chi connectivity index (χ0n) is 18.8. The quantitative estimate of drug-likeness (QED) is 0.390. The van der Waals surface area contributed by atoms with Crippen LogP contribution in [0.1, 0.15) is 74.9 Å². The zero-order valence-corrected chi connectivity index (χ0v) is 21.1. The van der Waals surface area contributed by atoms with Crippen LogP contribution in [-0.4, -0.2) is 10.2 Å². The first kappa shape index (κ1) is 27.0. The maximum absolute atomic E-state index is 10.8. The molecule has 0 heterocycles. The van der Waals surface area contributed by atoms with Gasteiger partial charge in [-0.3, -0.25) is 0 Å². The predicted octanol–water partition coefficient (Wildman–Crippen LogP) is 7.04. The first-order valence-corrected chi connectivity index (χ1v) is 11.3. The minimum atomic E-state index is -0.129. The molecule has 0 saturated heterocycles. The number of rotatable bonds is 2. The number of hydrogen-bond acceptors (Lipinski definition) is 2. The van der Waals surface area contributed by atoms with Crippen LogP contribution in [0.4, 0.5) is 0 Å². The topological polar surface area (TPSA) is 40.5 Å². The van der Waals surface area contributed by atoms with Crippen molar-refractivity contribution in [1.82, 2.24) is 0 Å². The summed E-state index contributed by atoms with van der Waals surface area (Å²) in [6, 6.07) is 8.14. The number of phenolic OH excluding ortho intramolecular Hbond substituents is 2. The van der Waals surface area contributed by atoms with E-state index in [0.29, 0.717) is 17.9 Å². The van der Waals surface area contributed by atoms with Crippen molar-refractivity contribution in [3.05, 3.63) is 65.1 Å². The molecule has 2 N–H and O–H groups in total. The monoisotopic (exact) mass is 438 g/mol. The van der Waals surface area contributed by atoms with Crippen LogP contribution in [0, 0.1) is 21.3 Å². The second-order valence-corrected chi connectivity index (χ2v) is 9.32. The molecule has 0 aromatic heterocycles. The molecule has 2 aromatic rings. The van der Waals surface area contributed by atoms with Crippen molar-refractivity contribution >= 4 is 9.30 Å². The van der Waals surface area contributed by atoms with E-state index in [1.807, 2.05) is 12.1 Å². The number of aryl methyl sites for hydroxylation is 2. The van der Waals surface area contributed by atoms with Gasteiger partial charge in [0.1, 0.15) is 11.5 Å². The fourth-order valence-corrected chi connectivity index (χ4v) is 3.33. The normalized spacial score (nSPS) is 11.3. The zero-order chi connectivity index (χ0) is 21.2. The third-order valence-corrected chi connectivity index (χ3v) is 4.66. The van der Waals surface area contributed by atoms with E-state index in [1.54, 1.807) is 0 Å². The van der Waals surface area contributed by atoms with Gasteiger partial charge in [-0.1, -0.05) is 76.9 Å². The summed E-state index contributed by atoms with van der Waals surface area (Å²) in [6.45, 7) is 16.7. The molecule has 0 saturated carbocycles. The Labute approximate surface area is 187 Å². The van der Waals surface area contributed by atoms with Crippen LogP contribution >= 0.6 is 9.30 Å². The number of aromatic hydroxyl groups is 2. The molecule has 0 aliphatic heterocycles. The molecule has 4 heteroatoms. The molecule has 0 bridgehead atoms. The van der Waals surface area contributed by atoms with Crippen molar-refractivity contribution in [3.63, 3.8) is 0 Å². The van der Waals surface area contributed by atoms with Crippen molar-refractivity contribution in [3.8, 4) is 11.5 Å². The Balaban J connectivity index is 0.00000235. The molecular weight excluding hydrogens is 404 g/mol. The molecule has 2 aromatic carbocycles. The summed E-state index contributed by atoms with van der Waals surface area (Å²) in [4.78, 5) is 0. The summed E-state index contributed by atoms with van der Waals surface area (Å²) in [5.41, 5.74) is 5.63. The summed E-state index contributed by atoms with van der Waals surface area (Å²) in [7, 11) is 4.64. The van der Waals surface area contributed by atoms with Gasteiger partial charge in [0.2, 0.25) is 0 Å². The van der Waals surface area contributed by atoms with E-state index in [2.05, 4.69) is 76.8 Å². The standard InChI is InChI=1S/C23H32O2.CH3.ClH.Ti/c1-14-9-16(20(24)18(11-14)22(3,4)5)13-17-10-15(2)12-19(21(17)25)23(6,7)8;;;/h9-12,24-25H,13H2,1-8H3;1H3;1H;/q;-1;;+2/p-1. The third-order valence-electron chi connectivity index (χ3n) is 4.66. The van der Waals surface area contributed by atoms with Gasteiger partial charge < -0.3 is 17.6 Å². The van der Waals surface area contributed by atoms with Gasteiger partial charge >= 0.3 is 28.7 Å². The third kappa shape index (κ3) is 6.54. The summed E-state index contributed by atoms with van der Waals surface area (Å²) in [5, 5.41) is 21.6. The molecule has 0 atom stereocenters. The summed E-state index contributed by atoms with van der Waals surface area (Å²) in [5.74, 6) is 0.688. The fourth-order valence-electron chi connectivity index (χ4n) is 3.33.